The van der Waals surface area contributed by atoms with E-state index >= 15 is 0 Å². The molecule has 7 nitrogen and oxygen atoms in total. The van der Waals surface area contributed by atoms with Crippen LogP contribution in [-0.4, -0.2) is 80.6 Å². The van der Waals surface area contributed by atoms with Crippen molar-refractivity contribution in [2.75, 3.05) is 19.8 Å². The Labute approximate surface area is 249 Å². The van der Waals surface area contributed by atoms with Gasteiger partial charge in [0.05, 0.1) is 35.8 Å². The molecule has 0 aromatic heterocycles. The maximum absolute atomic E-state index is 14.6. The van der Waals surface area contributed by atoms with E-state index < -0.39 is 28.7 Å². The highest BCUT2D eigenvalue weighted by atomic mass is 32.2. The molecule has 0 radical (unpaired) electrons. The molecule has 3 saturated heterocycles. The number of nitrogens with zero attached hydrogens (tertiary/aromatic N) is 2. The van der Waals surface area contributed by atoms with Gasteiger partial charge in [-0.1, -0.05) is 55.8 Å². The first-order chi connectivity index (χ1) is 19.8. The van der Waals surface area contributed by atoms with E-state index in [1.165, 1.54) is 0 Å². The second-order valence-electron chi connectivity index (χ2n) is 11.7. The van der Waals surface area contributed by atoms with Crippen LogP contribution in [0.4, 0.5) is 0 Å². The SMILES string of the molecule is C=CCCCCOC(=O)[C@@H]1[C@H]2C(=O)N([C@@H](CO)Cc3ccccc3)C(C(=O)N(CC=C)C(C)CCC)C23CC[C@H]1S3. The number of likely N-dealkylation sites (tertiary alicyclic amines) is 1. The standard InChI is InChI=1S/C33H46N2O5S/c1-5-8-9-13-20-40-32(39)27-26-17-18-33(41-26)28(27)30(37)35(25(22-36)21-24-15-11-10-12-16-24)29(33)31(38)34(19-7-3)23(4)14-6-2/h5,7,10-12,15-16,23,25-29,36H,1,3,6,8-9,13-14,17-22H2,2,4H3/t23?,25-,26-,27+,28+,29?,33?/m1/s1. The number of aliphatic hydroxyl groups is 1. The van der Waals surface area contributed by atoms with E-state index in [4.69, 9.17) is 4.74 Å². The van der Waals surface area contributed by atoms with Crippen molar-refractivity contribution in [3.63, 3.8) is 0 Å². The lowest BCUT2D eigenvalue weighted by atomic mass is 9.71. The van der Waals surface area contributed by atoms with Crippen LogP contribution >= 0.6 is 11.8 Å². The molecule has 3 aliphatic heterocycles. The topological polar surface area (TPSA) is 87.1 Å². The van der Waals surface area contributed by atoms with Crippen LogP contribution in [0.15, 0.2) is 55.6 Å². The first kappa shape index (κ1) is 31.4. The summed E-state index contributed by atoms with van der Waals surface area (Å²) >= 11 is 1.64. The van der Waals surface area contributed by atoms with E-state index in [0.29, 0.717) is 26.0 Å². The average Bonchev–Trinajstić information content (AvgIpc) is 3.62. The van der Waals surface area contributed by atoms with E-state index in [0.717, 1.165) is 44.1 Å². The molecular weight excluding hydrogens is 536 g/mol. The van der Waals surface area contributed by atoms with Crippen LogP contribution in [0.5, 0.6) is 0 Å². The maximum Gasteiger partial charge on any atom is 0.310 e. The number of unbranched alkanes of at least 4 members (excludes halogenated alkanes) is 2. The predicted molar refractivity (Wildman–Crippen MR) is 163 cm³/mol. The molecule has 3 fully saturated rings. The van der Waals surface area contributed by atoms with Gasteiger partial charge in [-0.15, -0.1) is 24.9 Å². The number of aliphatic hydroxyl groups excluding tert-OH is 1. The van der Waals surface area contributed by atoms with Gasteiger partial charge < -0.3 is 19.6 Å². The summed E-state index contributed by atoms with van der Waals surface area (Å²) in [5, 5.41) is 10.6. The lowest BCUT2D eigenvalue weighted by Gasteiger charge is -2.41. The highest BCUT2D eigenvalue weighted by Gasteiger charge is 2.74. The van der Waals surface area contributed by atoms with Gasteiger partial charge in [-0.3, -0.25) is 14.4 Å². The molecule has 2 bridgehead atoms. The Balaban J connectivity index is 1.70. The van der Waals surface area contributed by atoms with Crippen molar-refractivity contribution in [1.29, 1.82) is 0 Å². The summed E-state index contributed by atoms with van der Waals surface area (Å²) < 4.78 is 5.01. The molecule has 1 aromatic carbocycles. The van der Waals surface area contributed by atoms with Gasteiger partial charge in [0, 0.05) is 17.8 Å². The number of thioether (sulfide) groups is 1. The van der Waals surface area contributed by atoms with Crippen LogP contribution in [0.3, 0.4) is 0 Å². The molecule has 1 N–H and O–H groups in total. The number of carbonyl (C=O) groups excluding carboxylic acids is 3. The third-order valence-corrected chi connectivity index (χ3v) is 11.0. The first-order valence-electron chi connectivity index (χ1n) is 15.2. The van der Waals surface area contributed by atoms with Gasteiger partial charge in [-0.05, 0) is 57.4 Å². The van der Waals surface area contributed by atoms with Gasteiger partial charge in [-0.2, -0.15) is 0 Å². The van der Waals surface area contributed by atoms with E-state index in [-0.39, 0.29) is 35.7 Å². The Kier molecular flexibility index (Phi) is 10.8. The third kappa shape index (κ3) is 6.14. The number of amides is 2. The highest BCUT2D eigenvalue weighted by molar-refractivity contribution is 8.02. The molecule has 0 aliphatic carbocycles. The number of carbonyl (C=O) groups is 3. The molecule has 3 aliphatic rings. The molecule has 224 valence electrons. The number of allylic oxidation sites excluding steroid dienone is 1. The number of fused-ring (bicyclic) bond motifs is 1. The van der Waals surface area contributed by atoms with E-state index in [1.54, 1.807) is 22.7 Å². The summed E-state index contributed by atoms with van der Waals surface area (Å²) in [6.07, 6.45) is 9.72. The van der Waals surface area contributed by atoms with Crippen molar-refractivity contribution in [2.24, 2.45) is 11.8 Å². The van der Waals surface area contributed by atoms with Crippen LogP contribution in [0.25, 0.3) is 0 Å². The highest BCUT2D eigenvalue weighted by Crippen LogP contribution is 2.67. The van der Waals surface area contributed by atoms with Gasteiger partial charge in [0.2, 0.25) is 11.8 Å². The summed E-state index contributed by atoms with van der Waals surface area (Å²) in [5.74, 6) is -1.88. The molecule has 1 spiro atoms. The second kappa shape index (κ2) is 14.1. The Morgan fingerprint density at radius 3 is 2.66 bits per heavy atom. The smallest absolute Gasteiger partial charge is 0.310 e. The molecule has 8 heteroatoms. The second-order valence-corrected chi connectivity index (χ2v) is 13.3. The lowest BCUT2D eigenvalue weighted by molar-refractivity contribution is -0.154. The molecule has 3 heterocycles. The van der Waals surface area contributed by atoms with Gasteiger partial charge >= 0.3 is 5.97 Å². The molecule has 4 rings (SSSR count). The third-order valence-electron chi connectivity index (χ3n) is 9.06. The fourth-order valence-electron chi connectivity index (χ4n) is 7.19. The summed E-state index contributed by atoms with van der Waals surface area (Å²) in [6, 6.07) is 8.37. The number of esters is 1. The van der Waals surface area contributed by atoms with Gasteiger partial charge in [-0.25, -0.2) is 0 Å². The number of hydrogen-bond acceptors (Lipinski definition) is 6. The van der Waals surface area contributed by atoms with Crippen molar-refractivity contribution in [1.82, 2.24) is 9.80 Å². The molecule has 2 amide bonds. The Hall–Kier alpha value is -2.58. The van der Waals surface area contributed by atoms with Crippen molar-refractivity contribution < 1.29 is 24.2 Å². The van der Waals surface area contributed by atoms with Crippen LogP contribution in [0.1, 0.15) is 64.4 Å². The van der Waals surface area contributed by atoms with E-state index in [2.05, 4.69) is 20.1 Å². The number of ether oxygens (including phenoxy) is 1. The quantitative estimate of drug-likeness (QED) is 0.171. The minimum Gasteiger partial charge on any atom is -0.465 e. The van der Waals surface area contributed by atoms with Gasteiger partial charge in [0.15, 0.2) is 0 Å². The zero-order valence-corrected chi connectivity index (χ0v) is 25.4. The lowest BCUT2D eigenvalue weighted by Crippen LogP contribution is -2.59. The minimum absolute atomic E-state index is 0.0282. The first-order valence-corrected chi connectivity index (χ1v) is 16.1. The fraction of sp³-hybridized carbons (Fsp3) is 0.606. The molecule has 0 saturated carbocycles. The summed E-state index contributed by atoms with van der Waals surface area (Å²) in [6.45, 7) is 12.2. The molecular formula is C33H46N2O5S. The van der Waals surface area contributed by atoms with Crippen molar-refractivity contribution in [3.8, 4) is 0 Å². The van der Waals surface area contributed by atoms with Crippen LogP contribution in [0, 0.1) is 11.8 Å². The van der Waals surface area contributed by atoms with Crippen molar-refractivity contribution in [2.45, 2.75) is 93.3 Å². The molecule has 41 heavy (non-hydrogen) atoms. The Bertz CT molecular complexity index is 1100. The molecule has 1 aromatic rings. The number of benzene rings is 1. The van der Waals surface area contributed by atoms with Crippen LogP contribution in [-0.2, 0) is 25.5 Å². The van der Waals surface area contributed by atoms with Crippen molar-refractivity contribution in [3.05, 3.63) is 61.2 Å². The summed E-state index contributed by atoms with van der Waals surface area (Å²) in [5.41, 5.74) is 0.981. The monoisotopic (exact) mass is 582 g/mol. The van der Waals surface area contributed by atoms with E-state index in [9.17, 15) is 19.5 Å². The zero-order chi connectivity index (χ0) is 29.6. The predicted octanol–water partition coefficient (Wildman–Crippen LogP) is 4.78. The fourth-order valence-corrected chi connectivity index (χ4v) is 9.37. The van der Waals surface area contributed by atoms with Crippen LogP contribution in [0.2, 0.25) is 0 Å². The Morgan fingerprint density at radius 2 is 2.00 bits per heavy atom. The van der Waals surface area contributed by atoms with Crippen molar-refractivity contribution >= 4 is 29.5 Å². The van der Waals surface area contributed by atoms with Gasteiger partial charge in [0.25, 0.3) is 0 Å². The summed E-state index contributed by atoms with van der Waals surface area (Å²) in [7, 11) is 0. The largest absolute Gasteiger partial charge is 0.465 e. The zero-order valence-electron chi connectivity index (χ0n) is 24.6. The summed E-state index contributed by atoms with van der Waals surface area (Å²) in [4.78, 5) is 46.1. The number of hydrogen-bond donors (Lipinski definition) is 1. The molecule has 7 atom stereocenters. The normalized spacial score (nSPS) is 27.8. The minimum atomic E-state index is -0.763. The van der Waals surface area contributed by atoms with E-state index in [1.807, 2.05) is 48.2 Å². The maximum atomic E-state index is 14.6. The average molecular weight is 583 g/mol. The van der Waals surface area contributed by atoms with Crippen LogP contribution < -0.4 is 0 Å². The Morgan fingerprint density at radius 1 is 1.24 bits per heavy atom. The number of rotatable bonds is 16. The van der Waals surface area contributed by atoms with Gasteiger partial charge in [0.1, 0.15) is 6.04 Å². The molecule has 3 unspecified atom stereocenters.